The molecule has 6 heteroatoms. The summed E-state index contributed by atoms with van der Waals surface area (Å²) in [4.78, 5) is 10.5. The number of aliphatic carboxylic acids is 1. The number of aliphatic hydroxyl groups is 3. The van der Waals surface area contributed by atoms with Gasteiger partial charge in [0.2, 0.25) is 0 Å². The fourth-order valence-corrected chi connectivity index (χ4v) is 1.26. The molecule has 1 unspecified atom stereocenters. The maximum Gasteiger partial charge on any atom is 0.335 e. The Balaban J connectivity index is 2.76. The highest BCUT2D eigenvalue weighted by atomic mass is 16.6. The number of carbonyl (C=O) groups is 1. The van der Waals surface area contributed by atoms with Gasteiger partial charge in [0.25, 0.3) is 0 Å². The van der Waals surface area contributed by atoms with Gasteiger partial charge >= 0.3 is 5.97 Å². The lowest BCUT2D eigenvalue weighted by Gasteiger charge is -2.37. The van der Waals surface area contributed by atoms with Crippen molar-refractivity contribution in [1.29, 1.82) is 0 Å². The first-order valence-corrected chi connectivity index (χ1v) is 3.87. The van der Waals surface area contributed by atoms with Crippen LogP contribution in [0.25, 0.3) is 0 Å². The van der Waals surface area contributed by atoms with E-state index in [1.807, 2.05) is 0 Å². The van der Waals surface area contributed by atoms with Gasteiger partial charge in [-0.3, -0.25) is 0 Å². The molecular weight excluding hydrogens is 180 g/mol. The van der Waals surface area contributed by atoms with Gasteiger partial charge < -0.3 is 25.2 Å². The molecule has 0 amide bonds. The number of ether oxygens (including phenoxy) is 1. The van der Waals surface area contributed by atoms with Crippen molar-refractivity contribution in [3.05, 3.63) is 0 Å². The van der Waals surface area contributed by atoms with E-state index >= 15 is 0 Å². The topological polar surface area (TPSA) is 107 Å². The maximum absolute atomic E-state index is 10.5. The Morgan fingerprint density at radius 1 is 1.15 bits per heavy atom. The largest absolute Gasteiger partial charge is 0.479 e. The monoisotopic (exact) mass is 192 g/mol. The first-order chi connectivity index (χ1) is 5.95. The summed E-state index contributed by atoms with van der Waals surface area (Å²) in [6.07, 6.45) is -6.62. The van der Waals surface area contributed by atoms with E-state index in [0.717, 1.165) is 0 Å². The average molecular weight is 192 g/mol. The molecule has 0 aliphatic carbocycles. The maximum atomic E-state index is 10.5. The molecule has 1 heterocycles. The van der Waals surface area contributed by atoms with Crippen LogP contribution in [0.4, 0.5) is 0 Å². The van der Waals surface area contributed by atoms with E-state index in [1.54, 1.807) is 0 Å². The summed E-state index contributed by atoms with van der Waals surface area (Å²) in [7, 11) is 0. The van der Waals surface area contributed by atoms with E-state index in [-0.39, 0.29) is 0 Å². The SMILES string of the molecule is C[C@@H]1OC(C(=O)O)[C@@H](O)[C@H](O)[C@H]1O. The van der Waals surface area contributed by atoms with Gasteiger partial charge in [-0.2, -0.15) is 0 Å². The van der Waals surface area contributed by atoms with Crippen LogP contribution in [0.1, 0.15) is 6.92 Å². The van der Waals surface area contributed by atoms with Gasteiger partial charge in [-0.1, -0.05) is 0 Å². The van der Waals surface area contributed by atoms with Crippen LogP contribution in [-0.2, 0) is 9.53 Å². The first-order valence-electron chi connectivity index (χ1n) is 3.87. The van der Waals surface area contributed by atoms with Crippen molar-refractivity contribution in [2.75, 3.05) is 0 Å². The van der Waals surface area contributed by atoms with Crippen molar-refractivity contribution in [3.8, 4) is 0 Å². The lowest BCUT2D eigenvalue weighted by atomic mass is 9.96. The molecule has 13 heavy (non-hydrogen) atoms. The highest BCUT2D eigenvalue weighted by Gasteiger charge is 2.44. The normalized spacial score (nSPS) is 46.0. The quantitative estimate of drug-likeness (QED) is 0.380. The van der Waals surface area contributed by atoms with E-state index in [2.05, 4.69) is 0 Å². The van der Waals surface area contributed by atoms with Crippen LogP contribution in [0.3, 0.4) is 0 Å². The molecule has 0 spiro atoms. The highest BCUT2D eigenvalue weighted by Crippen LogP contribution is 2.20. The third kappa shape index (κ3) is 1.80. The fraction of sp³-hybridized carbons (Fsp3) is 0.857. The molecule has 0 aromatic rings. The summed E-state index contributed by atoms with van der Waals surface area (Å²) in [5.41, 5.74) is 0. The van der Waals surface area contributed by atoms with Crippen LogP contribution >= 0.6 is 0 Å². The van der Waals surface area contributed by atoms with Gasteiger partial charge in [0, 0.05) is 0 Å². The zero-order chi connectivity index (χ0) is 10.2. The third-order valence-corrected chi connectivity index (χ3v) is 2.10. The van der Waals surface area contributed by atoms with Gasteiger partial charge in [0.1, 0.15) is 18.3 Å². The van der Waals surface area contributed by atoms with Crippen LogP contribution in [0, 0.1) is 0 Å². The molecule has 6 nitrogen and oxygen atoms in total. The summed E-state index contributed by atoms with van der Waals surface area (Å²) in [6, 6.07) is 0. The lowest BCUT2D eigenvalue weighted by molar-refractivity contribution is -0.223. The molecule has 1 saturated heterocycles. The van der Waals surface area contributed by atoms with Crippen molar-refractivity contribution in [2.45, 2.75) is 37.4 Å². The Kier molecular flexibility index (Phi) is 2.87. The van der Waals surface area contributed by atoms with Crippen molar-refractivity contribution < 1.29 is 30.0 Å². The van der Waals surface area contributed by atoms with Crippen LogP contribution < -0.4 is 0 Å². The predicted octanol–water partition coefficient (Wildman–Crippen LogP) is -2.06. The van der Waals surface area contributed by atoms with Crippen molar-refractivity contribution in [2.24, 2.45) is 0 Å². The molecular formula is C7H12O6. The highest BCUT2D eigenvalue weighted by molar-refractivity contribution is 5.73. The molecule has 1 fully saturated rings. The second kappa shape index (κ2) is 3.59. The third-order valence-electron chi connectivity index (χ3n) is 2.10. The smallest absolute Gasteiger partial charge is 0.335 e. The Morgan fingerprint density at radius 2 is 1.69 bits per heavy atom. The molecule has 5 atom stereocenters. The van der Waals surface area contributed by atoms with Gasteiger partial charge in [-0.05, 0) is 6.92 Å². The number of carboxylic acid groups (broad SMARTS) is 1. The molecule has 1 aliphatic heterocycles. The van der Waals surface area contributed by atoms with E-state index in [9.17, 15) is 20.1 Å². The molecule has 0 radical (unpaired) electrons. The molecule has 4 N–H and O–H groups in total. The summed E-state index contributed by atoms with van der Waals surface area (Å²) in [5, 5.41) is 36.1. The standard InChI is InChI=1S/C7H12O6/c1-2-3(8)4(9)5(10)6(13-2)7(11)12/h2-6,8-10H,1H3,(H,11,12)/t2-,3-,4+,5-,6?/m0/s1. The Morgan fingerprint density at radius 3 is 2.15 bits per heavy atom. The summed E-state index contributed by atoms with van der Waals surface area (Å²) < 4.78 is 4.78. The first kappa shape index (κ1) is 10.4. The van der Waals surface area contributed by atoms with Crippen LogP contribution in [-0.4, -0.2) is 56.9 Å². The molecule has 0 saturated carbocycles. The summed E-state index contributed by atoms with van der Waals surface area (Å²) in [6.45, 7) is 1.43. The van der Waals surface area contributed by atoms with E-state index in [1.165, 1.54) is 6.92 Å². The van der Waals surface area contributed by atoms with Gasteiger partial charge in [0.15, 0.2) is 6.10 Å². The van der Waals surface area contributed by atoms with Crippen molar-refractivity contribution in [1.82, 2.24) is 0 Å². The van der Waals surface area contributed by atoms with Crippen LogP contribution in [0.15, 0.2) is 0 Å². The number of hydrogen-bond acceptors (Lipinski definition) is 5. The molecule has 1 rings (SSSR count). The number of carboxylic acids is 1. The van der Waals surface area contributed by atoms with Crippen LogP contribution in [0.2, 0.25) is 0 Å². The fourth-order valence-electron chi connectivity index (χ4n) is 1.26. The Bertz CT molecular complexity index is 205. The minimum Gasteiger partial charge on any atom is -0.479 e. The Labute approximate surface area is 74.4 Å². The minimum atomic E-state index is -1.59. The van der Waals surface area contributed by atoms with Gasteiger partial charge in [-0.15, -0.1) is 0 Å². The van der Waals surface area contributed by atoms with E-state index in [4.69, 9.17) is 9.84 Å². The number of aliphatic hydroxyl groups excluding tert-OH is 3. The number of rotatable bonds is 1. The predicted molar refractivity (Wildman–Crippen MR) is 40.0 cm³/mol. The minimum absolute atomic E-state index is 0.806. The van der Waals surface area contributed by atoms with Crippen molar-refractivity contribution in [3.63, 3.8) is 0 Å². The van der Waals surface area contributed by atoms with Crippen LogP contribution in [0.5, 0.6) is 0 Å². The second-order valence-corrected chi connectivity index (χ2v) is 3.07. The molecule has 1 aliphatic rings. The van der Waals surface area contributed by atoms with Crippen molar-refractivity contribution >= 4 is 5.97 Å². The zero-order valence-corrected chi connectivity index (χ0v) is 6.99. The van der Waals surface area contributed by atoms with E-state index < -0.39 is 36.5 Å². The lowest BCUT2D eigenvalue weighted by Crippen LogP contribution is -2.58. The second-order valence-electron chi connectivity index (χ2n) is 3.07. The summed E-state index contributed by atoms with van der Waals surface area (Å²) in [5.74, 6) is -1.36. The Hall–Kier alpha value is -0.690. The zero-order valence-electron chi connectivity index (χ0n) is 6.99. The van der Waals surface area contributed by atoms with E-state index in [0.29, 0.717) is 0 Å². The van der Waals surface area contributed by atoms with Gasteiger partial charge in [-0.25, -0.2) is 4.79 Å². The molecule has 0 bridgehead atoms. The average Bonchev–Trinajstić information content (AvgIpc) is 2.07. The van der Waals surface area contributed by atoms with Gasteiger partial charge in [0.05, 0.1) is 6.10 Å². The summed E-state index contributed by atoms with van der Waals surface area (Å²) >= 11 is 0. The molecule has 0 aromatic carbocycles. The number of hydrogen-bond donors (Lipinski definition) is 4. The molecule has 0 aromatic heterocycles. The molecule has 76 valence electrons.